The average Bonchev–Trinajstić information content (AvgIpc) is 2.65. The van der Waals surface area contributed by atoms with Crippen molar-refractivity contribution in [1.82, 2.24) is 19.8 Å². The van der Waals surface area contributed by atoms with Crippen LogP contribution in [0.3, 0.4) is 0 Å². The van der Waals surface area contributed by atoms with Crippen molar-refractivity contribution >= 4 is 18.3 Å². The molecule has 0 aromatic carbocycles. The summed E-state index contributed by atoms with van der Waals surface area (Å²) in [5.74, 6) is 0.0320. The van der Waals surface area contributed by atoms with Gasteiger partial charge in [-0.2, -0.15) is 0 Å². The Morgan fingerprint density at radius 1 is 1.62 bits per heavy atom. The Balaban J connectivity index is 0.00000128. The lowest BCUT2D eigenvalue weighted by atomic mass is 10.2. The highest BCUT2D eigenvalue weighted by Crippen LogP contribution is 2.08. The number of hydrogen-bond donors (Lipinski definition) is 1. The van der Waals surface area contributed by atoms with Gasteiger partial charge in [-0.15, -0.1) is 12.4 Å². The molecular weight excluding hydrogens is 228 g/mol. The first-order chi connectivity index (χ1) is 7.18. The normalized spacial score (nSPS) is 20.4. The average molecular weight is 245 g/mol. The smallest absolute Gasteiger partial charge is 0.274 e. The number of nitrogens with one attached hydrogen (secondary N) is 1. The molecule has 1 saturated heterocycles. The van der Waals surface area contributed by atoms with Crippen LogP contribution in [0.15, 0.2) is 12.5 Å². The molecule has 1 amide bonds. The summed E-state index contributed by atoms with van der Waals surface area (Å²) in [5, 5.41) is 3.26. The van der Waals surface area contributed by atoms with E-state index in [0.29, 0.717) is 5.69 Å². The highest BCUT2D eigenvalue weighted by atomic mass is 35.5. The SMILES string of the molecule is C[C@H]1CNCCN1C(=O)c1cn(C)cn1.Cl. The maximum Gasteiger partial charge on any atom is 0.274 e. The molecule has 16 heavy (non-hydrogen) atoms. The first kappa shape index (κ1) is 13.0. The zero-order valence-electron chi connectivity index (χ0n) is 9.51. The molecule has 1 aromatic heterocycles. The van der Waals surface area contributed by atoms with Gasteiger partial charge in [0.15, 0.2) is 0 Å². The standard InChI is InChI=1S/C10H16N4O.ClH/c1-8-5-11-3-4-14(8)10(15)9-6-13(2)7-12-9;/h6-8,11H,3-5H2,1-2H3;1H/t8-;/m0./s1. The molecule has 2 heterocycles. The Hall–Kier alpha value is -1.07. The summed E-state index contributed by atoms with van der Waals surface area (Å²) in [7, 11) is 1.87. The van der Waals surface area contributed by atoms with Crippen LogP contribution in [0.4, 0.5) is 0 Å². The summed E-state index contributed by atoms with van der Waals surface area (Å²) in [6.07, 6.45) is 3.41. The number of nitrogens with zero attached hydrogens (tertiary/aromatic N) is 3. The lowest BCUT2D eigenvalue weighted by Gasteiger charge is -2.33. The molecule has 0 unspecified atom stereocenters. The molecular formula is C10H17ClN4O. The molecule has 1 atom stereocenters. The highest BCUT2D eigenvalue weighted by molar-refractivity contribution is 5.92. The van der Waals surface area contributed by atoms with Crippen LogP contribution in [0.25, 0.3) is 0 Å². The topological polar surface area (TPSA) is 50.2 Å². The number of aryl methyl sites for hydroxylation is 1. The third kappa shape index (κ3) is 2.54. The van der Waals surface area contributed by atoms with E-state index < -0.39 is 0 Å². The fourth-order valence-corrected chi connectivity index (χ4v) is 1.81. The molecule has 1 N–H and O–H groups in total. The number of carbonyl (C=O) groups excluding carboxylic acids is 1. The number of piperazine rings is 1. The fourth-order valence-electron chi connectivity index (χ4n) is 1.81. The molecule has 2 rings (SSSR count). The van der Waals surface area contributed by atoms with E-state index in [2.05, 4.69) is 10.3 Å². The van der Waals surface area contributed by atoms with Crippen LogP contribution >= 0.6 is 12.4 Å². The molecule has 0 bridgehead atoms. The van der Waals surface area contributed by atoms with Crippen molar-refractivity contribution in [3.63, 3.8) is 0 Å². The minimum atomic E-state index is 0. The lowest BCUT2D eigenvalue weighted by Crippen LogP contribution is -2.52. The predicted molar refractivity (Wildman–Crippen MR) is 63.8 cm³/mol. The van der Waals surface area contributed by atoms with Gasteiger partial charge in [0.1, 0.15) is 5.69 Å². The Labute approximate surface area is 101 Å². The Bertz CT molecular complexity index is 365. The van der Waals surface area contributed by atoms with Crippen molar-refractivity contribution in [2.75, 3.05) is 19.6 Å². The first-order valence-corrected chi connectivity index (χ1v) is 5.18. The van der Waals surface area contributed by atoms with Crippen LogP contribution in [0.2, 0.25) is 0 Å². The van der Waals surface area contributed by atoms with Crippen molar-refractivity contribution in [3.8, 4) is 0 Å². The molecule has 1 aliphatic heterocycles. The van der Waals surface area contributed by atoms with E-state index in [1.165, 1.54) is 0 Å². The first-order valence-electron chi connectivity index (χ1n) is 5.18. The second-order valence-corrected chi connectivity index (χ2v) is 3.98. The largest absolute Gasteiger partial charge is 0.340 e. The van der Waals surface area contributed by atoms with Crippen molar-refractivity contribution < 1.29 is 4.79 Å². The number of halogens is 1. The summed E-state index contributed by atoms with van der Waals surface area (Å²) < 4.78 is 1.79. The van der Waals surface area contributed by atoms with Crippen LogP contribution in [-0.2, 0) is 7.05 Å². The summed E-state index contributed by atoms with van der Waals surface area (Å²) in [5.41, 5.74) is 0.534. The van der Waals surface area contributed by atoms with E-state index in [4.69, 9.17) is 0 Å². The molecule has 6 heteroatoms. The molecule has 90 valence electrons. The number of hydrogen-bond acceptors (Lipinski definition) is 3. The molecule has 0 saturated carbocycles. The second-order valence-electron chi connectivity index (χ2n) is 3.98. The van der Waals surface area contributed by atoms with E-state index >= 15 is 0 Å². The Morgan fingerprint density at radius 2 is 2.38 bits per heavy atom. The molecule has 5 nitrogen and oxygen atoms in total. The van der Waals surface area contributed by atoms with Gasteiger partial charge in [-0.05, 0) is 6.92 Å². The van der Waals surface area contributed by atoms with Gasteiger partial charge >= 0.3 is 0 Å². The van der Waals surface area contributed by atoms with E-state index in [-0.39, 0.29) is 24.4 Å². The van der Waals surface area contributed by atoms with Gasteiger partial charge in [0.2, 0.25) is 0 Å². The minimum absolute atomic E-state index is 0. The van der Waals surface area contributed by atoms with Crippen LogP contribution in [0.1, 0.15) is 17.4 Å². The Kier molecular flexibility index (Phi) is 4.32. The van der Waals surface area contributed by atoms with Crippen LogP contribution in [0, 0.1) is 0 Å². The maximum atomic E-state index is 12.0. The third-order valence-electron chi connectivity index (χ3n) is 2.69. The zero-order valence-corrected chi connectivity index (χ0v) is 10.3. The molecule has 0 radical (unpaired) electrons. The molecule has 0 spiro atoms. The van der Waals surface area contributed by atoms with Crippen molar-refractivity contribution in [3.05, 3.63) is 18.2 Å². The number of aromatic nitrogens is 2. The van der Waals surface area contributed by atoms with E-state index in [0.717, 1.165) is 19.6 Å². The summed E-state index contributed by atoms with van der Waals surface area (Å²) in [6.45, 7) is 4.53. The lowest BCUT2D eigenvalue weighted by molar-refractivity contribution is 0.0650. The Morgan fingerprint density at radius 3 is 2.94 bits per heavy atom. The van der Waals surface area contributed by atoms with Gasteiger partial charge < -0.3 is 14.8 Å². The maximum absolute atomic E-state index is 12.0. The van der Waals surface area contributed by atoms with Crippen LogP contribution < -0.4 is 5.32 Å². The van der Waals surface area contributed by atoms with Crippen LogP contribution in [0.5, 0.6) is 0 Å². The molecule has 1 fully saturated rings. The molecule has 0 aliphatic carbocycles. The monoisotopic (exact) mass is 244 g/mol. The van der Waals surface area contributed by atoms with Gasteiger partial charge in [0.05, 0.1) is 6.33 Å². The number of imidazole rings is 1. The summed E-state index contributed by atoms with van der Waals surface area (Å²) in [6, 6.07) is 0.244. The van der Waals surface area contributed by atoms with Gasteiger partial charge in [-0.1, -0.05) is 0 Å². The van der Waals surface area contributed by atoms with E-state index in [1.807, 2.05) is 18.9 Å². The second kappa shape index (κ2) is 5.32. The summed E-state index contributed by atoms with van der Waals surface area (Å²) in [4.78, 5) is 18.0. The number of rotatable bonds is 1. The quantitative estimate of drug-likeness (QED) is 0.772. The van der Waals surface area contributed by atoms with Gasteiger partial charge in [-0.3, -0.25) is 4.79 Å². The molecule has 1 aromatic rings. The zero-order chi connectivity index (χ0) is 10.8. The predicted octanol–water partition coefficient (Wildman–Crippen LogP) is 0.276. The highest BCUT2D eigenvalue weighted by Gasteiger charge is 2.25. The number of amides is 1. The fraction of sp³-hybridized carbons (Fsp3) is 0.600. The van der Waals surface area contributed by atoms with Crippen LogP contribution in [-0.4, -0.2) is 46.0 Å². The van der Waals surface area contributed by atoms with E-state index in [9.17, 15) is 4.79 Å². The van der Waals surface area contributed by atoms with E-state index in [1.54, 1.807) is 17.1 Å². The van der Waals surface area contributed by atoms with Gasteiger partial charge in [-0.25, -0.2) is 4.98 Å². The number of carbonyl (C=O) groups is 1. The summed E-state index contributed by atoms with van der Waals surface area (Å²) >= 11 is 0. The van der Waals surface area contributed by atoms with Crippen molar-refractivity contribution in [1.29, 1.82) is 0 Å². The van der Waals surface area contributed by atoms with Crippen molar-refractivity contribution in [2.45, 2.75) is 13.0 Å². The van der Waals surface area contributed by atoms with Gasteiger partial charge in [0, 0.05) is 38.9 Å². The minimum Gasteiger partial charge on any atom is -0.340 e. The third-order valence-corrected chi connectivity index (χ3v) is 2.69. The van der Waals surface area contributed by atoms with Gasteiger partial charge in [0.25, 0.3) is 5.91 Å². The van der Waals surface area contributed by atoms with Crippen molar-refractivity contribution in [2.24, 2.45) is 7.05 Å². The molecule has 1 aliphatic rings.